The standard InChI is InChI=1S/C28H24FN5O6/c1-31-24(37)28(25(38)32(2)27(31)40)14-16-12-15(5-10-20(16)33-11-3-4-21(28)33)13-19-22(35)30-26(39)34(23(19)36)18-8-6-17(29)7-9-18/h5-10,12-13,21H,3-4,11,14H2,1-2H3,(H,30,35,39)/b19-13+. The molecule has 4 heterocycles. The summed E-state index contributed by atoms with van der Waals surface area (Å²) in [5.74, 6) is -3.43. The van der Waals surface area contributed by atoms with Crippen molar-refractivity contribution in [3.8, 4) is 0 Å². The highest BCUT2D eigenvalue weighted by Crippen LogP contribution is 2.49. The monoisotopic (exact) mass is 545 g/mol. The molecule has 4 aliphatic rings. The quantitative estimate of drug-likeness (QED) is 0.348. The first-order chi connectivity index (χ1) is 19.0. The Labute approximate surface area is 227 Å². The molecule has 204 valence electrons. The molecule has 0 aromatic heterocycles. The van der Waals surface area contributed by atoms with E-state index in [1.807, 2.05) is 11.0 Å². The van der Waals surface area contributed by atoms with Crippen LogP contribution in [-0.4, -0.2) is 72.2 Å². The van der Waals surface area contributed by atoms with E-state index in [0.717, 1.165) is 38.9 Å². The maximum Gasteiger partial charge on any atom is 0.335 e. The van der Waals surface area contributed by atoms with E-state index in [4.69, 9.17) is 0 Å². The molecule has 40 heavy (non-hydrogen) atoms. The van der Waals surface area contributed by atoms with Crippen LogP contribution in [0.2, 0.25) is 0 Å². The van der Waals surface area contributed by atoms with Gasteiger partial charge in [0.25, 0.3) is 11.8 Å². The Morgan fingerprint density at radius 2 is 1.62 bits per heavy atom. The molecule has 0 saturated carbocycles. The summed E-state index contributed by atoms with van der Waals surface area (Å²) in [5.41, 5.74) is 0.208. The summed E-state index contributed by atoms with van der Waals surface area (Å²) < 4.78 is 13.4. The van der Waals surface area contributed by atoms with Crippen LogP contribution in [0.1, 0.15) is 24.0 Å². The van der Waals surface area contributed by atoms with Gasteiger partial charge in [-0.25, -0.2) is 18.9 Å². The third-order valence-electron chi connectivity index (χ3n) is 8.15. The zero-order chi connectivity index (χ0) is 28.5. The van der Waals surface area contributed by atoms with E-state index in [-0.39, 0.29) is 17.7 Å². The lowest BCUT2D eigenvalue weighted by molar-refractivity contribution is -0.159. The fourth-order valence-electron chi connectivity index (χ4n) is 6.28. The molecule has 1 atom stereocenters. The highest BCUT2D eigenvalue weighted by molar-refractivity contribution is 6.39. The fraction of sp³-hybridized carbons (Fsp3) is 0.286. The summed E-state index contributed by atoms with van der Waals surface area (Å²) in [4.78, 5) is 82.8. The van der Waals surface area contributed by atoms with Crippen LogP contribution in [-0.2, 0) is 25.6 Å². The number of nitrogens with one attached hydrogen (secondary N) is 1. The van der Waals surface area contributed by atoms with Crippen LogP contribution < -0.4 is 15.1 Å². The Kier molecular flexibility index (Phi) is 5.61. The van der Waals surface area contributed by atoms with E-state index >= 15 is 0 Å². The van der Waals surface area contributed by atoms with Crippen molar-refractivity contribution in [3.63, 3.8) is 0 Å². The number of nitrogens with zero attached hydrogens (tertiary/aromatic N) is 4. The topological polar surface area (TPSA) is 127 Å². The van der Waals surface area contributed by atoms with Crippen molar-refractivity contribution in [2.24, 2.45) is 5.41 Å². The number of carbonyl (C=O) groups is 6. The predicted octanol–water partition coefficient (Wildman–Crippen LogP) is 2.05. The summed E-state index contributed by atoms with van der Waals surface area (Å²) in [6.07, 6.45) is 2.75. The second-order valence-corrected chi connectivity index (χ2v) is 10.3. The van der Waals surface area contributed by atoms with Gasteiger partial charge in [0.05, 0.1) is 11.7 Å². The van der Waals surface area contributed by atoms with Crippen LogP contribution in [0.3, 0.4) is 0 Å². The van der Waals surface area contributed by atoms with Gasteiger partial charge in [0.2, 0.25) is 11.8 Å². The highest BCUT2D eigenvalue weighted by Gasteiger charge is 2.63. The molecular formula is C28H24FN5O6. The Balaban J connectivity index is 1.40. The number of rotatable bonds is 2. The van der Waals surface area contributed by atoms with Gasteiger partial charge in [-0.1, -0.05) is 6.07 Å². The maximum absolute atomic E-state index is 13.6. The molecule has 0 radical (unpaired) electrons. The second-order valence-electron chi connectivity index (χ2n) is 10.3. The molecule has 12 heteroatoms. The van der Waals surface area contributed by atoms with E-state index < -0.39 is 53.0 Å². The van der Waals surface area contributed by atoms with Gasteiger partial charge in [0, 0.05) is 26.3 Å². The molecule has 0 aliphatic carbocycles. The Morgan fingerprint density at radius 1 is 0.950 bits per heavy atom. The van der Waals surface area contributed by atoms with Crippen LogP contribution in [0.5, 0.6) is 0 Å². The smallest absolute Gasteiger partial charge is 0.335 e. The molecule has 8 amide bonds. The van der Waals surface area contributed by atoms with E-state index in [0.29, 0.717) is 24.1 Å². The minimum Gasteiger partial charge on any atom is -0.367 e. The lowest BCUT2D eigenvalue weighted by atomic mass is 9.68. The minimum atomic E-state index is -1.49. The van der Waals surface area contributed by atoms with E-state index in [1.54, 1.807) is 12.1 Å². The van der Waals surface area contributed by atoms with Gasteiger partial charge in [0.1, 0.15) is 11.4 Å². The minimum absolute atomic E-state index is 0.0421. The molecule has 3 fully saturated rings. The van der Waals surface area contributed by atoms with Crippen molar-refractivity contribution in [2.45, 2.75) is 25.3 Å². The summed E-state index contributed by atoms with van der Waals surface area (Å²) in [6, 6.07) is 7.87. The van der Waals surface area contributed by atoms with Gasteiger partial charge in [-0.05, 0) is 72.9 Å². The summed E-state index contributed by atoms with van der Waals surface area (Å²) in [7, 11) is 2.74. The van der Waals surface area contributed by atoms with E-state index in [2.05, 4.69) is 5.32 Å². The zero-order valence-corrected chi connectivity index (χ0v) is 21.6. The number of anilines is 2. The molecule has 3 saturated heterocycles. The second kappa shape index (κ2) is 8.83. The first-order valence-corrected chi connectivity index (χ1v) is 12.7. The lowest BCUT2D eigenvalue weighted by Crippen LogP contribution is -2.70. The van der Waals surface area contributed by atoms with Crippen molar-refractivity contribution in [3.05, 3.63) is 65.0 Å². The van der Waals surface area contributed by atoms with Crippen LogP contribution in [0.4, 0.5) is 25.4 Å². The third kappa shape index (κ3) is 3.48. The number of urea groups is 2. The largest absolute Gasteiger partial charge is 0.367 e. The van der Waals surface area contributed by atoms with Gasteiger partial charge in [-0.3, -0.25) is 34.3 Å². The van der Waals surface area contributed by atoms with Crippen molar-refractivity contribution in [1.82, 2.24) is 15.1 Å². The molecular weight excluding hydrogens is 521 g/mol. The van der Waals surface area contributed by atoms with Crippen LogP contribution in [0, 0.1) is 11.2 Å². The number of amides is 8. The average molecular weight is 546 g/mol. The molecule has 6 rings (SSSR count). The number of imide groups is 4. The molecule has 11 nitrogen and oxygen atoms in total. The van der Waals surface area contributed by atoms with Gasteiger partial charge < -0.3 is 4.90 Å². The van der Waals surface area contributed by atoms with Crippen molar-refractivity contribution in [2.75, 3.05) is 30.4 Å². The zero-order valence-electron chi connectivity index (χ0n) is 21.6. The average Bonchev–Trinajstić information content (AvgIpc) is 3.44. The number of benzene rings is 2. The molecule has 1 N–H and O–H groups in total. The fourth-order valence-corrected chi connectivity index (χ4v) is 6.28. The summed E-state index contributed by atoms with van der Waals surface area (Å²) >= 11 is 0. The van der Waals surface area contributed by atoms with Crippen molar-refractivity contribution < 1.29 is 33.2 Å². The third-order valence-corrected chi connectivity index (χ3v) is 8.15. The highest BCUT2D eigenvalue weighted by atomic mass is 19.1. The number of hydrogen-bond donors (Lipinski definition) is 1. The first-order valence-electron chi connectivity index (χ1n) is 12.7. The van der Waals surface area contributed by atoms with Crippen molar-refractivity contribution in [1.29, 1.82) is 0 Å². The lowest BCUT2D eigenvalue weighted by Gasteiger charge is -2.50. The molecule has 4 aliphatic heterocycles. The summed E-state index contributed by atoms with van der Waals surface area (Å²) in [5, 5.41) is 2.13. The number of fused-ring (bicyclic) bond motifs is 4. The Hall–Kier alpha value is -4.87. The number of carbonyl (C=O) groups excluding carboxylic acids is 6. The van der Waals surface area contributed by atoms with Gasteiger partial charge in [0.15, 0.2) is 5.41 Å². The molecule has 1 spiro atoms. The molecule has 1 unspecified atom stereocenters. The maximum atomic E-state index is 13.6. The summed E-state index contributed by atoms with van der Waals surface area (Å²) in [6.45, 7) is 0.622. The number of barbiturate groups is 2. The van der Waals surface area contributed by atoms with Crippen LogP contribution in [0.15, 0.2) is 48.0 Å². The van der Waals surface area contributed by atoms with E-state index in [1.165, 1.54) is 32.3 Å². The first kappa shape index (κ1) is 25.4. The predicted molar refractivity (Wildman–Crippen MR) is 139 cm³/mol. The van der Waals surface area contributed by atoms with Gasteiger partial charge in [-0.2, -0.15) is 0 Å². The number of hydrogen-bond acceptors (Lipinski definition) is 7. The van der Waals surface area contributed by atoms with E-state index in [9.17, 15) is 33.2 Å². The molecule has 2 aromatic rings. The molecule has 2 aromatic carbocycles. The Morgan fingerprint density at radius 3 is 2.30 bits per heavy atom. The normalized spacial score (nSPS) is 23.3. The number of halogens is 1. The van der Waals surface area contributed by atoms with Gasteiger partial charge >= 0.3 is 12.1 Å². The van der Waals surface area contributed by atoms with Gasteiger partial charge in [-0.15, -0.1) is 0 Å². The van der Waals surface area contributed by atoms with Crippen LogP contribution in [0.25, 0.3) is 6.08 Å². The SMILES string of the molecule is CN1C(=O)N(C)C(=O)C2(Cc3cc(/C=C4\C(=O)NC(=O)N(c5ccc(F)cc5)C4=O)ccc3N3CCCC32)C1=O. The van der Waals surface area contributed by atoms with Crippen LogP contribution >= 0.6 is 0 Å². The van der Waals surface area contributed by atoms with Crippen molar-refractivity contribution >= 4 is 53.1 Å². The Bertz CT molecular complexity index is 1540. The molecule has 0 bridgehead atoms.